The molecule has 0 aromatic carbocycles. The van der Waals surface area contributed by atoms with Gasteiger partial charge in [-0.2, -0.15) is 17.6 Å². The van der Waals surface area contributed by atoms with Crippen LogP contribution in [-0.2, 0) is 70.2 Å². The van der Waals surface area contributed by atoms with Gasteiger partial charge in [0.05, 0.1) is 89.9 Å². The molecule has 0 aliphatic heterocycles. The molecule has 0 N–H and O–H groups in total. The molecule has 18 nitrogen and oxygen atoms in total. The van der Waals surface area contributed by atoms with Gasteiger partial charge in [-0.1, -0.05) is 48.0 Å². The maximum absolute atomic E-state index is 12.9. The number of alkyl halides is 4. The third kappa shape index (κ3) is 26.3. The van der Waals surface area contributed by atoms with Crippen molar-refractivity contribution >= 4 is 70.0 Å². The summed E-state index contributed by atoms with van der Waals surface area (Å²) in [7, 11) is -3.93. The van der Waals surface area contributed by atoms with Crippen LogP contribution in [0.2, 0.25) is 5.15 Å². The largest absolute Gasteiger partial charge is 0.286 e. The third-order valence-corrected chi connectivity index (χ3v) is 29.0. The predicted octanol–water partition coefficient (Wildman–Crippen LogP) is 15.0. The number of hydrogen-bond donors (Lipinski definition) is 0. The molecule has 0 saturated heterocycles. The number of pyridine rings is 6. The molecule has 0 fully saturated rings. The Kier molecular flexibility index (Phi) is 32.7. The van der Waals surface area contributed by atoms with Crippen LogP contribution in [0.1, 0.15) is 149 Å². The van der Waals surface area contributed by atoms with Crippen molar-refractivity contribution in [2.24, 2.45) is 26.2 Å². The summed E-state index contributed by atoms with van der Waals surface area (Å²) in [6.45, 7) is 18.5. The van der Waals surface area contributed by atoms with Crippen LogP contribution in [0.5, 0.6) is 0 Å². The van der Waals surface area contributed by atoms with Gasteiger partial charge in [0.15, 0.2) is 0 Å². The zero-order chi connectivity index (χ0) is 69.6. The summed E-state index contributed by atoms with van der Waals surface area (Å²) in [6.07, 6.45) is 19.4. The summed E-state index contributed by atoms with van der Waals surface area (Å²) in [5.41, 5.74) is 7.47. The highest BCUT2D eigenvalue weighted by atomic mass is 35.5. The van der Waals surface area contributed by atoms with E-state index in [1.54, 1.807) is 110 Å². The van der Waals surface area contributed by atoms with Crippen LogP contribution in [0.15, 0.2) is 136 Å². The second-order valence-electron chi connectivity index (χ2n) is 21.5. The van der Waals surface area contributed by atoms with Crippen molar-refractivity contribution in [3.8, 4) is 0 Å². The van der Waals surface area contributed by atoms with Crippen LogP contribution in [0.25, 0.3) is 0 Å². The lowest BCUT2D eigenvalue weighted by Crippen LogP contribution is -2.12. The van der Waals surface area contributed by atoms with Crippen molar-refractivity contribution in [2.75, 3.05) is 79.8 Å². The average molecular weight is 1390 g/mol. The SMILES string of the molecule is CN=S(C)(=O)C(C)c1ccc(C(C)(F)F)nc1.CN=S(C)(=O)C(C)c1ccc(C(C)(F)F)nc1.CN=S(C)(=O)C(C)c1ccc(C)nc1.CN=S(C)(=O)C(C)c1ccc(C)nc1.CN=S(C)(=O)C(C)c1ccc(C)nc1.CN=S(C)(=O)[C@@H](C)c1ccc(Cl)nc1. The van der Waals surface area contributed by atoms with Crippen molar-refractivity contribution in [3.63, 3.8) is 0 Å². The zero-order valence-electron chi connectivity index (χ0n) is 56.0. The van der Waals surface area contributed by atoms with E-state index in [0.717, 1.165) is 53.2 Å². The molecule has 6 aromatic rings. The normalized spacial score (nSPS) is 17.2. The Morgan fingerprint density at radius 3 is 0.644 bits per heavy atom. The average Bonchev–Trinajstić information content (AvgIpc) is 1.75. The van der Waals surface area contributed by atoms with Gasteiger partial charge in [-0.05, 0) is 132 Å². The smallest absolute Gasteiger partial charge is 0.261 e. The summed E-state index contributed by atoms with van der Waals surface area (Å²) in [5, 5.41) is -0.560. The highest BCUT2D eigenvalue weighted by Gasteiger charge is 2.28. The first-order valence-corrected chi connectivity index (χ1v) is 40.2. The molecule has 0 aliphatic rings. The van der Waals surface area contributed by atoms with Gasteiger partial charge in [-0.3, -0.25) is 24.9 Å². The Hall–Kier alpha value is -5.39. The van der Waals surface area contributed by atoms with Gasteiger partial charge in [0.25, 0.3) is 11.8 Å². The highest BCUT2D eigenvalue weighted by Crippen LogP contribution is 2.31. The molecule has 11 unspecified atom stereocenters. The van der Waals surface area contributed by atoms with Crippen molar-refractivity contribution in [1.82, 2.24) is 29.9 Å². The number of halogens is 5. The molecule has 6 aromatic heterocycles. The Bertz CT molecular complexity index is 3600. The number of nitrogens with zero attached hydrogens (tertiary/aromatic N) is 12. The van der Waals surface area contributed by atoms with Gasteiger partial charge in [-0.15, -0.1) is 0 Å². The Balaban J connectivity index is 0.000000541. The summed E-state index contributed by atoms with van der Waals surface area (Å²) < 4.78 is 147. The van der Waals surface area contributed by atoms with Crippen LogP contribution in [0.4, 0.5) is 17.6 Å². The van der Waals surface area contributed by atoms with Gasteiger partial charge in [0.2, 0.25) is 0 Å². The van der Waals surface area contributed by atoms with Crippen LogP contribution in [0, 0.1) is 20.8 Å². The molecule has 6 heterocycles. The molecule has 504 valence electrons. The van der Waals surface area contributed by atoms with E-state index in [-0.39, 0.29) is 42.9 Å². The minimum atomic E-state index is -2.95. The van der Waals surface area contributed by atoms with E-state index in [2.05, 4.69) is 56.1 Å². The quantitative estimate of drug-likeness (QED) is 0.0729. The molecule has 0 radical (unpaired) electrons. The van der Waals surface area contributed by atoms with E-state index >= 15 is 0 Å². The lowest BCUT2D eigenvalue weighted by molar-refractivity contribution is 0.0121. The van der Waals surface area contributed by atoms with E-state index < -0.39 is 70.2 Å². The maximum atomic E-state index is 12.9. The Morgan fingerprint density at radius 1 is 0.333 bits per heavy atom. The van der Waals surface area contributed by atoms with E-state index in [0.29, 0.717) is 16.3 Å². The fourth-order valence-corrected chi connectivity index (χ4v) is 12.9. The number of aryl methyl sites for hydroxylation is 3. The summed E-state index contributed by atoms with van der Waals surface area (Å²) in [4.78, 5) is 23.9. The molecular weight excluding hydrogens is 1300 g/mol. The second-order valence-corrected chi connectivity index (χ2v) is 38.6. The molecule has 12 atom stereocenters. The molecular formula is C61H93ClF4N12O6S6. The Morgan fingerprint density at radius 2 is 0.511 bits per heavy atom. The minimum Gasteiger partial charge on any atom is -0.261 e. The van der Waals surface area contributed by atoms with E-state index in [9.17, 15) is 42.8 Å². The molecule has 0 spiro atoms. The number of hydrogen-bond acceptors (Lipinski definition) is 18. The van der Waals surface area contributed by atoms with Crippen LogP contribution in [-0.4, -0.2) is 135 Å². The minimum absolute atomic E-state index is 0.0689. The van der Waals surface area contributed by atoms with Crippen LogP contribution >= 0.6 is 11.6 Å². The van der Waals surface area contributed by atoms with Gasteiger partial charge in [0.1, 0.15) is 16.5 Å². The van der Waals surface area contributed by atoms with Gasteiger partial charge < -0.3 is 0 Å². The van der Waals surface area contributed by atoms with Crippen LogP contribution < -0.4 is 0 Å². The molecule has 29 heteroatoms. The molecule has 6 rings (SSSR count). The van der Waals surface area contributed by atoms with Crippen molar-refractivity contribution < 1.29 is 42.8 Å². The maximum Gasteiger partial charge on any atom is 0.286 e. The Labute approximate surface area is 541 Å². The second kappa shape index (κ2) is 35.6. The van der Waals surface area contributed by atoms with E-state index in [1.165, 1.54) is 50.8 Å². The zero-order valence-corrected chi connectivity index (χ0v) is 61.7. The number of rotatable bonds is 14. The van der Waals surface area contributed by atoms with Crippen molar-refractivity contribution in [2.45, 2.75) is 120 Å². The van der Waals surface area contributed by atoms with Crippen molar-refractivity contribution in [3.05, 3.63) is 177 Å². The molecule has 0 bridgehead atoms. The first kappa shape index (κ1) is 82.6. The van der Waals surface area contributed by atoms with E-state index in [1.807, 2.05) is 90.9 Å². The number of aromatic nitrogens is 6. The molecule has 90 heavy (non-hydrogen) atoms. The van der Waals surface area contributed by atoms with Gasteiger partial charge in [0, 0.05) is 148 Å². The standard InChI is InChI=1S/2C11H16F2N2OS.3C10H16N2OS.C9H13ClN2OS/c2*1-8(17(4,16)14-3)9-5-6-10(15-7-9)11(2,12)13;3*1-8-5-6-10(7-12-8)9(2)14(4,13)11-3;1-7(14(3,13)11-2)8-4-5-9(10)12-6-8/h2*5-8H,1-4H3;3*5-7,9H,1-4H3;4-7H,1-3H3/t;;;;;7-,14?/m.....0/s1. The predicted molar refractivity (Wildman–Crippen MR) is 369 cm³/mol. The van der Waals surface area contributed by atoms with E-state index in [4.69, 9.17) is 11.6 Å². The first-order chi connectivity index (χ1) is 41.2. The topological polar surface area (TPSA) is 254 Å². The lowest BCUT2D eigenvalue weighted by atomic mass is 10.1. The highest BCUT2D eigenvalue weighted by molar-refractivity contribution is 7.94. The summed E-state index contributed by atoms with van der Waals surface area (Å²) in [5.74, 6) is -5.91. The fraction of sp³-hybridized carbons (Fsp3) is 0.508. The van der Waals surface area contributed by atoms with Gasteiger partial charge in [-0.25, -0.2) is 56.4 Å². The van der Waals surface area contributed by atoms with Crippen molar-refractivity contribution in [1.29, 1.82) is 0 Å². The molecule has 0 aliphatic carbocycles. The van der Waals surface area contributed by atoms with Crippen LogP contribution in [0.3, 0.4) is 0 Å². The van der Waals surface area contributed by atoms with Gasteiger partial charge >= 0.3 is 0 Å². The summed E-state index contributed by atoms with van der Waals surface area (Å²) in [6, 6.07) is 20.8. The molecule has 0 amide bonds. The fourth-order valence-electron chi connectivity index (χ4n) is 7.06. The molecule has 0 saturated carbocycles. The lowest BCUT2D eigenvalue weighted by Gasteiger charge is -2.15. The monoisotopic (exact) mass is 1390 g/mol. The third-order valence-electron chi connectivity index (χ3n) is 15.0. The first-order valence-electron chi connectivity index (χ1n) is 27.9. The summed E-state index contributed by atoms with van der Waals surface area (Å²) >= 11 is 5.66.